The monoisotopic (exact) mass is 207 g/mol. The zero-order valence-electron chi connectivity index (χ0n) is 9.22. The van der Waals surface area contributed by atoms with Crippen LogP contribution in [0.15, 0.2) is 60.8 Å². The summed E-state index contributed by atoms with van der Waals surface area (Å²) in [5.74, 6) is 0. The van der Waals surface area contributed by atoms with Crippen LogP contribution in [0.2, 0.25) is 0 Å². The molecule has 3 aromatic rings. The van der Waals surface area contributed by atoms with Crippen molar-refractivity contribution in [1.29, 1.82) is 0 Å². The maximum Gasteiger partial charge on any atom is 0.0557 e. The summed E-state index contributed by atoms with van der Waals surface area (Å²) in [6, 6.07) is 19.1. The fourth-order valence-electron chi connectivity index (χ4n) is 2.21. The van der Waals surface area contributed by atoms with E-state index in [1.807, 2.05) is 0 Å². The first-order chi connectivity index (χ1) is 7.86. The molecular weight excluding hydrogens is 194 g/mol. The van der Waals surface area contributed by atoms with Gasteiger partial charge in [-0.2, -0.15) is 0 Å². The zero-order valence-corrected chi connectivity index (χ0v) is 9.22. The van der Waals surface area contributed by atoms with Crippen molar-refractivity contribution in [2.75, 3.05) is 0 Å². The summed E-state index contributed by atoms with van der Waals surface area (Å²) in [6.07, 6.45) is 2.11. The van der Waals surface area contributed by atoms with Gasteiger partial charge >= 0.3 is 0 Å². The molecule has 2 aromatic carbocycles. The van der Waals surface area contributed by atoms with Crippen LogP contribution in [0.25, 0.3) is 22.0 Å². The maximum atomic E-state index is 2.18. The highest BCUT2D eigenvalue weighted by Crippen LogP contribution is 2.28. The highest BCUT2D eigenvalue weighted by Gasteiger charge is 2.05. The van der Waals surface area contributed by atoms with Gasteiger partial charge in [0.2, 0.25) is 0 Å². The Balaban J connectivity index is 2.36. The molecule has 0 amide bonds. The van der Waals surface area contributed by atoms with Gasteiger partial charge in [0.05, 0.1) is 5.52 Å². The van der Waals surface area contributed by atoms with Crippen LogP contribution in [0.5, 0.6) is 0 Å². The summed E-state index contributed by atoms with van der Waals surface area (Å²) in [6.45, 7) is 0. The molecule has 0 aliphatic carbocycles. The molecule has 0 saturated heterocycles. The van der Waals surface area contributed by atoms with Gasteiger partial charge < -0.3 is 4.57 Å². The van der Waals surface area contributed by atoms with Crippen molar-refractivity contribution in [3.05, 3.63) is 60.8 Å². The molecule has 0 radical (unpaired) electrons. The number of rotatable bonds is 1. The molecule has 0 saturated carbocycles. The van der Waals surface area contributed by atoms with Gasteiger partial charge in [-0.3, -0.25) is 0 Å². The predicted molar refractivity (Wildman–Crippen MR) is 68.4 cm³/mol. The van der Waals surface area contributed by atoms with Crippen molar-refractivity contribution < 1.29 is 0 Å². The van der Waals surface area contributed by atoms with Crippen molar-refractivity contribution in [3.8, 4) is 11.1 Å². The minimum absolute atomic E-state index is 1.27. The van der Waals surface area contributed by atoms with E-state index in [2.05, 4.69) is 72.4 Å². The Morgan fingerprint density at radius 2 is 1.62 bits per heavy atom. The smallest absolute Gasteiger partial charge is 0.0557 e. The molecule has 1 nitrogen and oxygen atoms in total. The van der Waals surface area contributed by atoms with Gasteiger partial charge in [-0.1, -0.05) is 48.5 Å². The molecule has 1 heterocycles. The number of hydrogen-bond acceptors (Lipinski definition) is 0. The van der Waals surface area contributed by atoms with Crippen LogP contribution >= 0.6 is 0 Å². The highest BCUT2D eigenvalue weighted by molar-refractivity contribution is 5.94. The van der Waals surface area contributed by atoms with E-state index in [-0.39, 0.29) is 0 Å². The van der Waals surface area contributed by atoms with E-state index in [0.29, 0.717) is 0 Å². The molecule has 0 unspecified atom stereocenters. The second kappa shape index (κ2) is 3.53. The molecule has 0 N–H and O–H groups in total. The van der Waals surface area contributed by atoms with Crippen LogP contribution in [0.1, 0.15) is 0 Å². The average Bonchev–Trinajstić information content (AvgIpc) is 2.73. The Morgan fingerprint density at radius 1 is 0.812 bits per heavy atom. The van der Waals surface area contributed by atoms with Gasteiger partial charge in [0, 0.05) is 24.2 Å². The van der Waals surface area contributed by atoms with E-state index < -0.39 is 0 Å². The lowest BCUT2D eigenvalue weighted by atomic mass is 10.0. The topological polar surface area (TPSA) is 4.93 Å². The molecule has 0 bridgehead atoms. The Morgan fingerprint density at radius 3 is 2.44 bits per heavy atom. The summed E-state index contributed by atoms with van der Waals surface area (Å²) in [7, 11) is 2.09. The van der Waals surface area contributed by atoms with E-state index in [1.54, 1.807) is 0 Å². The van der Waals surface area contributed by atoms with Crippen molar-refractivity contribution >= 4 is 10.9 Å². The predicted octanol–water partition coefficient (Wildman–Crippen LogP) is 3.85. The van der Waals surface area contributed by atoms with Gasteiger partial charge in [-0.15, -0.1) is 0 Å². The quantitative estimate of drug-likeness (QED) is 0.571. The number of hydrogen-bond donors (Lipinski definition) is 0. The van der Waals surface area contributed by atoms with Gasteiger partial charge in [-0.05, 0) is 11.6 Å². The molecular formula is C15H13N. The third kappa shape index (κ3) is 1.33. The summed E-state index contributed by atoms with van der Waals surface area (Å²) in [4.78, 5) is 0. The third-order valence-electron chi connectivity index (χ3n) is 2.98. The molecule has 1 heteroatoms. The second-order valence-corrected chi connectivity index (χ2v) is 4.04. The number of nitrogens with zero attached hydrogens (tertiary/aromatic N) is 1. The highest BCUT2D eigenvalue weighted by atomic mass is 14.9. The Labute approximate surface area is 95.0 Å². The fraction of sp³-hybridized carbons (Fsp3) is 0.0667. The lowest BCUT2D eigenvalue weighted by Gasteiger charge is -2.06. The standard InChI is InChI=1S/C15H13N/c1-16-11-10-13-8-5-9-14(15(13)16)12-6-3-2-4-7-12/h2-11H,1H3. The summed E-state index contributed by atoms with van der Waals surface area (Å²) in [5.41, 5.74) is 3.87. The van der Waals surface area contributed by atoms with E-state index in [9.17, 15) is 0 Å². The molecule has 0 spiro atoms. The first-order valence-electron chi connectivity index (χ1n) is 5.46. The molecule has 1 aromatic heterocycles. The lowest BCUT2D eigenvalue weighted by molar-refractivity contribution is 0.970. The van der Waals surface area contributed by atoms with E-state index >= 15 is 0 Å². The van der Waals surface area contributed by atoms with Crippen LogP contribution in [-0.2, 0) is 7.05 Å². The van der Waals surface area contributed by atoms with Crippen molar-refractivity contribution in [2.24, 2.45) is 7.05 Å². The van der Waals surface area contributed by atoms with Gasteiger partial charge in [0.1, 0.15) is 0 Å². The Kier molecular flexibility index (Phi) is 2.03. The number of aromatic nitrogens is 1. The molecule has 0 aliphatic rings. The van der Waals surface area contributed by atoms with Crippen LogP contribution < -0.4 is 0 Å². The van der Waals surface area contributed by atoms with Gasteiger partial charge in [0.25, 0.3) is 0 Å². The Bertz CT molecular complexity index is 620. The van der Waals surface area contributed by atoms with Crippen molar-refractivity contribution in [1.82, 2.24) is 4.57 Å². The molecule has 78 valence electrons. The number of para-hydroxylation sites is 1. The molecule has 16 heavy (non-hydrogen) atoms. The molecule has 0 atom stereocenters. The van der Waals surface area contributed by atoms with Gasteiger partial charge in [-0.25, -0.2) is 0 Å². The number of benzene rings is 2. The van der Waals surface area contributed by atoms with Crippen molar-refractivity contribution in [3.63, 3.8) is 0 Å². The van der Waals surface area contributed by atoms with Crippen LogP contribution in [0, 0.1) is 0 Å². The lowest BCUT2D eigenvalue weighted by Crippen LogP contribution is -1.87. The first-order valence-corrected chi connectivity index (χ1v) is 5.46. The summed E-state index contributed by atoms with van der Waals surface area (Å²) in [5, 5.41) is 1.30. The third-order valence-corrected chi connectivity index (χ3v) is 2.98. The van der Waals surface area contributed by atoms with E-state index in [4.69, 9.17) is 0 Å². The summed E-state index contributed by atoms with van der Waals surface area (Å²) >= 11 is 0. The van der Waals surface area contributed by atoms with Crippen LogP contribution in [-0.4, -0.2) is 4.57 Å². The molecule has 0 fully saturated rings. The average molecular weight is 207 g/mol. The first kappa shape index (κ1) is 9.22. The zero-order chi connectivity index (χ0) is 11.0. The van der Waals surface area contributed by atoms with E-state index in [0.717, 1.165) is 0 Å². The van der Waals surface area contributed by atoms with Crippen LogP contribution in [0.4, 0.5) is 0 Å². The minimum atomic E-state index is 1.27. The fourth-order valence-corrected chi connectivity index (χ4v) is 2.21. The minimum Gasteiger partial charge on any atom is -0.350 e. The normalized spacial score (nSPS) is 10.8. The van der Waals surface area contributed by atoms with Crippen LogP contribution in [0.3, 0.4) is 0 Å². The second-order valence-electron chi connectivity index (χ2n) is 4.04. The SMILES string of the molecule is Cn1ccc2cccc(-c3ccccc3)c21. The Hall–Kier alpha value is -2.02. The number of fused-ring (bicyclic) bond motifs is 1. The van der Waals surface area contributed by atoms with Crippen molar-refractivity contribution in [2.45, 2.75) is 0 Å². The molecule has 3 rings (SSSR count). The van der Waals surface area contributed by atoms with E-state index in [1.165, 1.54) is 22.0 Å². The largest absolute Gasteiger partial charge is 0.350 e. The molecule has 0 aliphatic heterocycles. The number of aryl methyl sites for hydroxylation is 1. The summed E-state index contributed by atoms with van der Waals surface area (Å²) < 4.78 is 2.18. The van der Waals surface area contributed by atoms with Gasteiger partial charge in [0.15, 0.2) is 0 Å². The maximum absolute atomic E-state index is 2.18.